The summed E-state index contributed by atoms with van der Waals surface area (Å²) >= 11 is 0. The molecule has 0 aromatic carbocycles. The molecule has 0 saturated heterocycles. The summed E-state index contributed by atoms with van der Waals surface area (Å²) in [7, 11) is 1.65. The fourth-order valence-corrected chi connectivity index (χ4v) is 3.13. The van der Waals surface area contributed by atoms with Crippen LogP contribution < -0.4 is 5.32 Å². The lowest BCUT2D eigenvalue weighted by atomic mass is 10.1. The van der Waals surface area contributed by atoms with E-state index in [9.17, 15) is 4.79 Å². The van der Waals surface area contributed by atoms with Crippen LogP contribution in [0.2, 0.25) is 0 Å². The van der Waals surface area contributed by atoms with Gasteiger partial charge in [0.2, 0.25) is 5.91 Å². The molecule has 7 heteroatoms. The van der Waals surface area contributed by atoms with Crippen LogP contribution in [0, 0.1) is 0 Å². The number of fused-ring (bicyclic) bond motifs is 2. The first-order valence-corrected chi connectivity index (χ1v) is 7.86. The van der Waals surface area contributed by atoms with Gasteiger partial charge in [-0.15, -0.1) is 0 Å². The number of carbonyl (C=O) groups excluding carboxylic acids is 1. The van der Waals surface area contributed by atoms with Gasteiger partial charge in [-0.25, -0.2) is 10.1 Å². The summed E-state index contributed by atoms with van der Waals surface area (Å²) in [6.45, 7) is 8.08. The maximum Gasteiger partial charge on any atom is 0.221 e. The van der Waals surface area contributed by atoms with Crippen LogP contribution in [0.1, 0.15) is 27.2 Å². The molecule has 1 N–H and O–H groups in total. The summed E-state index contributed by atoms with van der Waals surface area (Å²) in [6.07, 6.45) is 4.80. The minimum absolute atomic E-state index is 0.0772. The quantitative estimate of drug-likeness (QED) is 0.848. The lowest BCUT2D eigenvalue weighted by Gasteiger charge is -2.40. The maximum absolute atomic E-state index is 11.6. The number of amides is 1. The van der Waals surface area contributed by atoms with E-state index in [1.807, 2.05) is 19.3 Å². The number of hydrogen-bond donors (Lipinski definition) is 1. The third kappa shape index (κ3) is 2.72. The van der Waals surface area contributed by atoms with Crippen molar-refractivity contribution in [3.05, 3.63) is 34.7 Å². The fraction of sp³-hybridized carbons (Fsp3) is 0.500. The highest BCUT2D eigenvalue weighted by molar-refractivity contribution is 5.83. The van der Waals surface area contributed by atoms with Crippen LogP contribution in [0.5, 0.6) is 0 Å². The van der Waals surface area contributed by atoms with E-state index in [0.717, 1.165) is 48.0 Å². The number of nitrogens with zero attached hydrogens (tertiary/aromatic N) is 4. The molecule has 3 aliphatic heterocycles. The van der Waals surface area contributed by atoms with Crippen LogP contribution in [0.3, 0.4) is 0 Å². The zero-order valence-electron chi connectivity index (χ0n) is 14.1. The first-order valence-electron chi connectivity index (χ1n) is 7.86. The van der Waals surface area contributed by atoms with Crippen LogP contribution in [0.25, 0.3) is 0 Å². The average molecular weight is 317 g/mol. The second-order valence-electron chi connectivity index (χ2n) is 5.91. The normalized spacial score (nSPS) is 20.0. The highest BCUT2D eigenvalue weighted by Crippen LogP contribution is 2.36. The number of carbonyl (C=O) groups is 1. The molecule has 7 nitrogen and oxygen atoms in total. The van der Waals surface area contributed by atoms with E-state index in [1.54, 1.807) is 12.2 Å². The Morgan fingerprint density at radius 2 is 2.26 bits per heavy atom. The molecule has 0 aliphatic carbocycles. The van der Waals surface area contributed by atoms with Crippen molar-refractivity contribution < 1.29 is 9.63 Å². The molecule has 0 spiro atoms. The fourth-order valence-electron chi connectivity index (χ4n) is 3.13. The molecule has 0 unspecified atom stereocenters. The molecule has 0 fully saturated rings. The predicted octanol–water partition coefficient (Wildman–Crippen LogP) is 1.35. The van der Waals surface area contributed by atoms with Crippen molar-refractivity contribution in [1.82, 2.24) is 20.2 Å². The smallest absolute Gasteiger partial charge is 0.221 e. The molecule has 0 aromatic rings. The minimum Gasteiger partial charge on any atom is -0.352 e. The van der Waals surface area contributed by atoms with E-state index in [4.69, 9.17) is 4.84 Å². The molecule has 3 aliphatic rings. The summed E-state index contributed by atoms with van der Waals surface area (Å²) < 4.78 is 0. The van der Waals surface area contributed by atoms with Gasteiger partial charge in [-0.3, -0.25) is 9.63 Å². The largest absolute Gasteiger partial charge is 0.352 e. The highest BCUT2D eigenvalue weighted by atomic mass is 16.7. The first-order chi connectivity index (χ1) is 11.0. The van der Waals surface area contributed by atoms with E-state index >= 15 is 0 Å². The van der Waals surface area contributed by atoms with Crippen molar-refractivity contribution in [1.29, 1.82) is 0 Å². The molecule has 0 atom stereocenters. The van der Waals surface area contributed by atoms with Gasteiger partial charge in [0.25, 0.3) is 0 Å². The summed E-state index contributed by atoms with van der Waals surface area (Å²) in [6, 6.07) is 0. The molecule has 3 heterocycles. The number of nitrogens with one attached hydrogen (secondary N) is 1. The van der Waals surface area contributed by atoms with E-state index in [0.29, 0.717) is 6.67 Å². The second kappa shape index (κ2) is 6.08. The molecule has 0 saturated carbocycles. The summed E-state index contributed by atoms with van der Waals surface area (Å²) in [5.41, 5.74) is 3.77. The summed E-state index contributed by atoms with van der Waals surface area (Å²) in [4.78, 5) is 26.0. The zero-order valence-corrected chi connectivity index (χ0v) is 14.1. The van der Waals surface area contributed by atoms with E-state index in [1.165, 1.54) is 6.92 Å². The van der Waals surface area contributed by atoms with Crippen molar-refractivity contribution in [3.63, 3.8) is 0 Å². The highest BCUT2D eigenvalue weighted by Gasteiger charge is 2.36. The summed E-state index contributed by atoms with van der Waals surface area (Å²) in [5.74, 6) is 0.959. The van der Waals surface area contributed by atoms with Gasteiger partial charge in [0.1, 0.15) is 18.2 Å². The average Bonchev–Trinajstić information content (AvgIpc) is 2.93. The number of hydroxylamine groups is 2. The molecule has 124 valence electrons. The maximum atomic E-state index is 11.6. The van der Waals surface area contributed by atoms with Crippen molar-refractivity contribution in [3.8, 4) is 0 Å². The van der Waals surface area contributed by atoms with E-state index in [2.05, 4.69) is 27.0 Å². The summed E-state index contributed by atoms with van der Waals surface area (Å²) in [5, 5.41) is 4.72. The molecular weight excluding hydrogens is 294 g/mol. The number of rotatable bonds is 4. The Balaban J connectivity index is 2.04. The van der Waals surface area contributed by atoms with Gasteiger partial charge in [-0.05, 0) is 18.9 Å². The van der Waals surface area contributed by atoms with Gasteiger partial charge >= 0.3 is 0 Å². The Labute approximate surface area is 136 Å². The molecule has 0 bridgehead atoms. The van der Waals surface area contributed by atoms with Crippen molar-refractivity contribution in [2.45, 2.75) is 27.2 Å². The predicted molar refractivity (Wildman–Crippen MR) is 87.5 cm³/mol. The SMILES string of the molecule is CCCN1CC(C)=C(NC(C)=O)C2=C1N1CN(OC)C=C1C=N2. The number of aliphatic imine (C=N–C) groups is 1. The zero-order chi connectivity index (χ0) is 16.6. The number of hydrogen-bond acceptors (Lipinski definition) is 6. The van der Waals surface area contributed by atoms with Crippen LogP contribution in [0.15, 0.2) is 39.7 Å². The molecule has 3 rings (SSSR count). The van der Waals surface area contributed by atoms with Crippen LogP contribution in [0.4, 0.5) is 0 Å². The monoisotopic (exact) mass is 317 g/mol. The lowest BCUT2D eigenvalue weighted by molar-refractivity contribution is -0.118. The van der Waals surface area contributed by atoms with Crippen LogP contribution in [-0.2, 0) is 9.63 Å². The van der Waals surface area contributed by atoms with Crippen molar-refractivity contribution in [2.24, 2.45) is 4.99 Å². The third-order valence-corrected chi connectivity index (χ3v) is 4.08. The van der Waals surface area contributed by atoms with E-state index in [-0.39, 0.29) is 5.91 Å². The Morgan fingerprint density at radius 3 is 2.91 bits per heavy atom. The van der Waals surface area contributed by atoms with E-state index < -0.39 is 0 Å². The van der Waals surface area contributed by atoms with Gasteiger partial charge < -0.3 is 15.1 Å². The van der Waals surface area contributed by atoms with Gasteiger partial charge in [0.15, 0.2) is 0 Å². The van der Waals surface area contributed by atoms with Gasteiger partial charge in [0, 0.05) is 20.0 Å². The molecular formula is C16H23N5O2. The Bertz CT molecular complexity index is 647. The Kier molecular flexibility index (Phi) is 4.12. The van der Waals surface area contributed by atoms with Gasteiger partial charge in [-0.2, -0.15) is 0 Å². The van der Waals surface area contributed by atoms with Gasteiger partial charge in [0.05, 0.1) is 30.9 Å². The third-order valence-electron chi connectivity index (χ3n) is 4.08. The molecule has 1 amide bonds. The number of allylic oxidation sites excluding steroid dienone is 1. The lowest BCUT2D eigenvalue weighted by Crippen LogP contribution is -2.44. The molecule has 23 heavy (non-hydrogen) atoms. The van der Waals surface area contributed by atoms with Crippen molar-refractivity contribution >= 4 is 12.1 Å². The van der Waals surface area contributed by atoms with Crippen LogP contribution in [-0.4, -0.2) is 53.9 Å². The first kappa shape index (κ1) is 15.6. The van der Waals surface area contributed by atoms with Crippen LogP contribution >= 0.6 is 0 Å². The minimum atomic E-state index is -0.0772. The molecule has 0 aromatic heterocycles. The van der Waals surface area contributed by atoms with Gasteiger partial charge in [-0.1, -0.05) is 6.92 Å². The topological polar surface area (TPSA) is 60.4 Å². The Morgan fingerprint density at radius 1 is 1.48 bits per heavy atom. The second-order valence-corrected chi connectivity index (χ2v) is 5.91. The standard InChI is InChI=1S/C16H23N5O2/c1-5-6-19-8-11(2)14(18-12(3)22)15-16(19)21-10-20(23-4)9-13(21)7-17-15/h7,9H,5-6,8,10H2,1-4H3,(H,18,22). The van der Waals surface area contributed by atoms with Crippen molar-refractivity contribution in [2.75, 3.05) is 26.9 Å². The molecule has 0 radical (unpaired) electrons. The Hall–Kier alpha value is -2.28.